The van der Waals surface area contributed by atoms with Crippen LogP contribution >= 0.6 is 11.6 Å². The van der Waals surface area contributed by atoms with Gasteiger partial charge in [-0.3, -0.25) is 14.4 Å². The van der Waals surface area contributed by atoms with E-state index >= 15 is 0 Å². The fourth-order valence-electron chi connectivity index (χ4n) is 3.00. The molecule has 3 rings (SSSR count). The second-order valence-electron chi connectivity index (χ2n) is 5.78. The average Bonchev–Trinajstić information content (AvgIpc) is 2.99. The van der Waals surface area contributed by atoms with E-state index in [1.54, 1.807) is 10.7 Å². The maximum atomic E-state index is 14.2. The smallest absolute Gasteiger partial charge is 0.279 e. The van der Waals surface area contributed by atoms with Crippen LogP contribution in [-0.4, -0.2) is 27.4 Å². The number of fused-ring (bicyclic) bond motifs is 1. The average molecular weight is 338 g/mol. The summed E-state index contributed by atoms with van der Waals surface area (Å²) in [6.07, 6.45) is 0. The molecule has 0 fully saturated rings. The predicted molar refractivity (Wildman–Crippen MR) is 85.3 cm³/mol. The van der Waals surface area contributed by atoms with Crippen LogP contribution in [0.25, 0.3) is 0 Å². The minimum absolute atomic E-state index is 0.0192. The molecule has 0 unspecified atom stereocenters. The molecule has 7 heteroatoms. The van der Waals surface area contributed by atoms with E-state index < -0.39 is 5.82 Å². The number of aliphatic hydroxyl groups excluding tert-OH is 1. The Morgan fingerprint density at radius 3 is 2.83 bits per heavy atom. The minimum atomic E-state index is -0.609. The van der Waals surface area contributed by atoms with Crippen molar-refractivity contribution in [1.29, 1.82) is 0 Å². The van der Waals surface area contributed by atoms with E-state index in [1.807, 2.05) is 13.8 Å². The predicted octanol–water partition coefficient (Wildman–Crippen LogP) is 2.95. The number of anilines is 1. The molecule has 0 bridgehead atoms. The molecule has 1 aromatic heterocycles. The van der Waals surface area contributed by atoms with Gasteiger partial charge in [-0.05, 0) is 18.1 Å². The van der Waals surface area contributed by atoms with Crippen molar-refractivity contribution in [2.75, 3.05) is 11.5 Å². The van der Waals surface area contributed by atoms with Gasteiger partial charge >= 0.3 is 0 Å². The lowest BCUT2D eigenvalue weighted by Gasteiger charge is -2.19. The largest absolute Gasteiger partial charge is 0.394 e. The normalized spacial score (nSPS) is 14.0. The highest BCUT2D eigenvalue weighted by molar-refractivity contribution is 6.31. The number of carbonyl (C=O) groups is 1. The Balaban J connectivity index is 2.04. The summed E-state index contributed by atoms with van der Waals surface area (Å²) in [6, 6.07) is 4.59. The summed E-state index contributed by atoms with van der Waals surface area (Å²) in [7, 11) is 0. The van der Waals surface area contributed by atoms with E-state index in [-0.39, 0.29) is 35.7 Å². The van der Waals surface area contributed by atoms with Crippen LogP contribution in [0.4, 0.5) is 10.1 Å². The van der Waals surface area contributed by atoms with Crippen molar-refractivity contribution in [3.05, 3.63) is 46.0 Å². The molecule has 1 N–H and O–H groups in total. The van der Waals surface area contributed by atoms with Gasteiger partial charge in [0, 0.05) is 11.3 Å². The maximum absolute atomic E-state index is 14.2. The molecule has 0 radical (unpaired) electrons. The Hall–Kier alpha value is -1.92. The first-order valence-corrected chi connectivity index (χ1v) is 7.79. The molecule has 2 aromatic rings. The van der Waals surface area contributed by atoms with Crippen LogP contribution in [0.15, 0.2) is 18.2 Å². The van der Waals surface area contributed by atoms with Crippen molar-refractivity contribution < 1.29 is 14.3 Å². The topological polar surface area (TPSA) is 58.4 Å². The number of hydrogen-bond donors (Lipinski definition) is 1. The van der Waals surface area contributed by atoms with Crippen LogP contribution < -0.4 is 4.90 Å². The summed E-state index contributed by atoms with van der Waals surface area (Å²) in [4.78, 5) is 14.0. The second-order valence-corrected chi connectivity index (χ2v) is 6.19. The van der Waals surface area contributed by atoms with Crippen molar-refractivity contribution in [3.8, 4) is 0 Å². The quantitative estimate of drug-likeness (QED) is 0.933. The third-order valence-corrected chi connectivity index (χ3v) is 4.23. The maximum Gasteiger partial charge on any atom is 0.279 e. The fourth-order valence-corrected chi connectivity index (χ4v) is 3.17. The van der Waals surface area contributed by atoms with E-state index in [1.165, 1.54) is 17.0 Å². The summed E-state index contributed by atoms with van der Waals surface area (Å²) in [6.45, 7) is 4.53. The molecule has 0 aliphatic carbocycles. The second kappa shape index (κ2) is 5.94. The van der Waals surface area contributed by atoms with Gasteiger partial charge in [0.1, 0.15) is 0 Å². The molecule has 2 heterocycles. The first-order valence-electron chi connectivity index (χ1n) is 7.42. The number of halogens is 2. The molecule has 23 heavy (non-hydrogen) atoms. The zero-order chi connectivity index (χ0) is 16.7. The summed E-state index contributed by atoms with van der Waals surface area (Å²) < 4.78 is 15.9. The van der Waals surface area contributed by atoms with Crippen molar-refractivity contribution in [3.63, 3.8) is 0 Å². The molecule has 1 aliphatic rings. The standard InChI is InChI=1S/C16H17ClFN3O2/c1-9(2)15-10-8-20(12-5-3-4-11(17)13(12)18)16(23)14(10)19-21(15)6-7-22/h3-5,9,22H,6-8H2,1-2H3. The minimum Gasteiger partial charge on any atom is -0.394 e. The Morgan fingerprint density at radius 2 is 2.17 bits per heavy atom. The third-order valence-electron chi connectivity index (χ3n) is 3.94. The van der Waals surface area contributed by atoms with Crippen LogP contribution in [0.1, 0.15) is 41.5 Å². The SMILES string of the molecule is CC(C)c1c2c(nn1CCO)C(=O)N(c1cccc(Cl)c1F)C2. The molecule has 0 spiro atoms. The highest BCUT2D eigenvalue weighted by Gasteiger charge is 2.37. The van der Waals surface area contributed by atoms with Crippen molar-refractivity contribution in [2.24, 2.45) is 0 Å². The lowest BCUT2D eigenvalue weighted by Crippen LogP contribution is -2.26. The first kappa shape index (κ1) is 16.0. The fraction of sp³-hybridized carbons (Fsp3) is 0.375. The van der Waals surface area contributed by atoms with Crippen molar-refractivity contribution >= 4 is 23.2 Å². The summed E-state index contributed by atoms with van der Waals surface area (Å²) >= 11 is 5.81. The van der Waals surface area contributed by atoms with Crippen LogP contribution in [0.3, 0.4) is 0 Å². The molecule has 1 aromatic carbocycles. The van der Waals surface area contributed by atoms with E-state index in [0.29, 0.717) is 12.2 Å². The molecule has 5 nitrogen and oxygen atoms in total. The van der Waals surface area contributed by atoms with Gasteiger partial charge in [0.05, 0.1) is 30.4 Å². The molecular formula is C16H17ClFN3O2. The summed E-state index contributed by atoms with van der Waals surface area (Å²) in [5.41, 5.74) is 2.16. The van der Waals surface area contributed by atoms with E-state index in [4.69, 9.17) is 16.7 Å². The molecule has 0 saturated carbocycles. The van der Waals surface area contributed by atoms with E-state index in [2.05, 4.69) is 5.10 Å². The number of hydrogen-bond acceptors (Lipinski definition) is 3. The number of rotatable bonds is 4. The number of nitrogens with zero attached hydrogens (tertiary/aromatic N) is 3. The third kappa shape index (κ3) is 2.52. The van der Waals surface area contributed by atoms with Gasteiger partial charge in [-0.2, -0.15) is 5.10 Å². The lowest BCUT2D eigenvalue weighted by atomic mass is 10.0. The number of carbonyl (C=O) groups excluding carboxylic acids is 1. The van der Waals surface area contributed by atoms with Gasteiger partial charge in [0.15, 0.2) is 11.5 Å². The number of aliphatic hydroxyl groups is 1. The highest BCUT2D eigenvalue weighted by atomic mass is 35.5. The monoisotopic (exact) mass is 337 g/mol. The van der Waals surface area contributed by atoms with Gasteiger partial charge < -0.3 is 5.11 Å². The Kier molecular flexibility index (Phi) is 4.12. The van der Waals surface area contributed by atoms with E-state index in [0.717, 1.165) is 11.3 Å². The molecule has 0 saturated heterocycles. The number of amides is 1. The van der Waals surface area contributed by atoms with Crippen LogP contribution in [-0.2, 0) is 13.1 Å². The molecule has 1 amide bonds. The first-order chi connectivity index (χ1) is 11.0. The van der Waals surface area contributed by atoms with Gasteiger partial charge in [0.2, 0.25) is 0 Å². The Bertz CT molecular complexity index is 773. The molecular weight excluding hydrogens is 321 g/mol. The number of benzene rings is 1. The van der Waals surface area contributed by atoms with Crippen molar-refractivity contribution in [2.45, 2.75) is 32.9 Å². The zero-order valence-corrected chi connectivity index (χ0v) is 13.6. The zero-order valence-electron chi connectivity index (χ0n) is 12.9. The molecule has 1 aliphatic heterocycles. The molecule has 122 valence electrons. The Morgan fingerprint density at radius 1 is 1.43 bits per heavy atom. The summed E-state index contributed by atoms with van der Waals surface area (Å²) in [5, 5.41) is 13.5. The van der Waals surface area contributed by atoms with Gasteiger partial charge in [0.25, 0.3) is 5.91 Å². The van der Waals surface area contributed by atoms with Crippen LogP contribution in [0.2, 0.25) is 5.02 Å². The molecule has 0 atom stereocenters. The van der Waals surface area contributed by atoms with Gasteiger partial charge in [-0.15, -0.1) is 0 Å². The number of aromatic nitrogens is 2. The van der Waals surface area contributed by atoms with Crippen LogP contribution in [0.5, 0.6) is 0 Å². The van der Waals surface area contributed by atoms with Crippen molar-refractivity contribution in [1.82, 2.24) is 9.78 Å². The highest BCUT2D eigenvalue weighted by Crippen LogP contribution is 2.35. The van der Waals surface area contributed by atoms with Gasteiger partial charge in [-0.25, -0.2) is 4.39 Å². The summed E-state index contributed by atoms with van der Waals surface area (Å²) in [5.74, 6) is -0.823. The van der Waals surface area contributed by atoms with Crippen LogP contribution in [0, 0.1) is 5.82 Å². The lowest BCUT2D eigenvalue weighted by molar-refractivity contribution is 0.0989. The Labute approximate surface area is 138 Å². The van der Waals surface area contributed by atoms with E-state index in [9.17, 15) is 9.18 Å². The van der Waals surface area contributed by atoms with Gasteiger partial charge in [-0.1, -0.05) is 31.5 Å².